The Morgan fingerprint density at radius 1 is 1.32 bits per heavy atom. The molecule has 2 aliphatic rings. The number of amides is 1. The van der Waals surface area contributed by atoms with E-state index in [2.05, 4.69) is 16.0 Å². The van der Waals surface area contributed by atoms with E-state index in [1.807, 2.05) is 0 Å². The van der Waals surface area contributed by atoms with Gasteiger partial charge >= 0.3 is 11.0 Å². The second kappa shape index (κ2) is 4.89. The van der Waals surface area contributed by atoms with Crippen LogP contribution in [0.25, 0.3) is 0 Å². The van der Waals surface area contributed by atoms with Crippen LogP contribution in [0.15, 0.2) is 41.6 Å². The number of ether oxygens (including phenoxy) is 2. The summed E-state index contributed by atoms with van der Waals surface area (Å²) in [6.07, 6.45) is 4.39. The number of nitrogens with two attached hydrogens (primary N) is 1. The number of nitrogens with zero attached hydrogens (tertiary/aromatic N) is 2. The van der Waals surface area contributed by atoms with E-state index in [-0.39, 0.29) is 11.5 Å². The fourth-order valence-electron chi connectivity index (χ4n) is 1.79. The molecule has 4 N–H and O–H groups in total. The van der Waals surface area contributed by atoms with Crippen molar-refractivity contribution in [2.24, 2.45) is 10.2 Å². The molecule has 0 saturated heterocycles. The van der Waals surface area contributed by atoms with Gasteiger partial charge in [-0.05, 0) is 18.2 Å². The number of carbonyl (C=O) groups is 1. The smallest absolute Gasteiger partial charge is 0.428 e. The average Bonchev–Trinajstić information content (AvgIpc) is 2.89. The number of nitrogens with one attached hydrogen (secondary N) is 2. The van der Waals surface area contributed by atoms with Gasteiger partial charge in [0, 0.05) is 6.20 Å². The van der Waals surface area contributed by atoms with Gasteiger partial charge in [0.05, 0.1) is 6.21 Å². The largest absolute Gasteiger partial charge is 0.454 e. The van der Waals surface area contributed by atoms with Crippen molar-refractivity contribution >= 4 is 22.1 Å². The highest BCUT2D eigenvalue weighted by molar-refractivity contribution is 7.91. The number of carbonyl (C=O) groups excluding carboxylic acids is 1. The maximum Gasteiger partial charge on any atom is 0.454 e. The predicted octanol–water partition coefficient (Wildman–Crippen LogP) is -1.25. The number of sulfonamides is 1. The molecule has 0 saturated carbocycles. The Morgan fingerprint density at radius 3 is 2.45 bits per heavy atom. The third-order valence-corrected chi connectivity index (χ3v) is 3.86. The van der Waals surface area contributed by atoms with Crippen LogP contribution in [0.4, 0.5) is 0 Å². The van der Waals surface area contributed by atoms with Gasteiger partial charge in [-0.1, -0.05) is 12.1 Å². The highest BCUT2D eigenvalue weighted by Gasteiger charge is 2.60. The van der Waals surface area contributed by atoms with Crippen LogP contribution in [0.1, 0.15) is 0 Å². The lowest BCUT2D eigenvalue weighted by atomic mass is 10.3. The number of fused-ring (bicyclic) bond motifs is 1. The summed E-state index contributed by atoms with van der Waals surface area (Å²) in [6, 6.07) is 6.10. The first-order valence-corrected chi connectivity index (χ1v) is 7.53. The van der Waals surface area contributed by atoms with Crippen LogP contribution in [-0.2, 0) is 14.8 Å². The van der Waals surface area contributed by atoms with Gasteiger partial charge in [0.2, 0.25) is 0 Å². The van der Waals surface area contributed by atoms with E-state index < -0.39 is 21.0 Å². The minimum Gasteiger partial charge on any atom is -0.428 e. The van der Waals surface area contributed by atoms with E-state index in [1.165, 1.54) is 24.5 Å². The van der Waals surface area contributed by atoms with Crippen LogP contribution in [0, 0.1) is 0 Å². The molecule has 2 aliphatic heterocycles. The zero-order valence-electron chi connectivity index (χ0n) is 11.0. The van der Waals surface area contributed by atoms with E-state index >= 15 is 0 Å². The van der Waals surface area contributed by atoms with Crippen LogP contribution in [-0.4, -0.2) is 30.9 Å². The van der Waals surface area contributed by atoms with Gasteiger partial charge in [0.1, 0.15) is 0 Å². The molecule has 0 radical (unpaired) electrons. The number of primary sulfonamides is 1. The van der Waals surface area contributed by atoms with Crippen LogP contribution < -0.4 is 25.5 Å². The van der Waals surface area contributed by atoms with Crippen LogP contribution in [0.2, 0.25) is 0 Å². The van der Waals surface area contributed by atoms with Crippen molar-refractivity contribution in [2.45, 2.75) is 5.12 Å². The third kappa shape index (κ3) is 2.21. The van der Waals surface area contributed by atoms with Crippen molar-refractivity contribution in [3.05, 3.63) is 36.5 Å². The molecule has 0 aliphatic carbocycles. The van der Waals surface area contributed by atoms with Crippen LogP contribution in [0.3, 0.4) is 0 Å². The molecule has 1 aromatic carbocycles. The molecular formula is C11H11N5O5S. The number of hydrogen-bond acceptors (Lipinski definition) is 8. The molecule has 0 fully saturated rings. The monoisotopic (exact) mass is 325 g/mol. The minimum absolute atomic E-state index is 0.0849. The first-order valence-electron chi connectivity index (χ1n) is 5.98. The maximum atomic E-state index is 12.4. The number of hydrazine groups is 2. The van der Waals surface area contributed by atoms with Gasteiger partial charge in [-0.15, -0.1) is 10.3 Å². The molecule has 0 spiro atoms. The molecule has 0 unspecified atom stereocenters. The first kappa shape index (κ1) is 14.2. The molecule has 0 aromatic heterocycles. The van der Waals surface area contributed by atoms with E-state index in [0.717, 1.165) is 5.23 Å². The molecule has 3 rings (SSSR count). The fraction of sp³-hybridized carbons (Fsp3) is 0.0909. The zero-order chi connectivity index (χ0) is 15.8. The van der Waals surface area contributed by atoms with Gasteiger partial charge < -0.3 is 9.47 Å². The SMILES string of the molecule is NS(=O)(=O)C1(C(=O)NN2N=CC=CN2)Oc2ccccc2O1. The topological polar surface area (TPSA) is 135 Å². The highest BCUT2D eigenvalue weighted by Crippen LogP contribution is 2.40. The molecule has 11 heteroatoms. The van der Waals surface area contributed by atoms with Crippen LogP contribution >= 0.6 is 0 Å². The number of hydrogen-bond donors (Lipinski definition) is 3. The normalized spacial score (nSPS) is 18.0. The summed E-state index contributed by atoms with van der Waals surface area (Å²) in [5.74, 6) is -0.991. The quantitative estimate of drug-likeness (QED) is 0.632. The van der Waals surface area contributed by atoms with Crippen LogP contribution in [0.5, 0.6) is 11.5 Å². The lowest BCUT2D eigenvalue weighted by molar-refractivity contribution is -0.149. The standard InChI is InChI=1S/C11H11N5O5S/c12-22(18,19)11(10(17)15-16-13-6-3-7-14-16)20-8-4-1-2-5-9(8)21-11/h1-7,13H,(H,15,17)(H2,12,18,19). The lowest BCUT2D eigenvalue weighted by Gasteiger charge is -2.27. The Kier molecular flexibility index (Phi) is 3.15. The van der Waals surface area contributed by atoms with E-state index in [4.69, 9.17) is 14.6 Å². The Labute approximate surface area is 125 Å². The van der Waals surface area contributed by atoms with Crippen molar-refractivity contribution in [1.82, 2.24) is 16.1 Å². The van der Waals surface area contributed by atoms with Crippen molar-refractivity contribution in [2.75, 3.05) is 0 Å². The fourth-order valence-corrected chi connectivity index (χ4v) is 2.50. The highest BCUT2D eigenvalue weighted by atomic mass is 32.2. The Bertz CT molecular complexity index is 750. The summed E-state index contributed by atoms with van der Waals surface area (Å²) in [5, 5.41) is 7.02. The third-order valence-electron chi connectivity index (χ3n) is 2.76. The molecular weight excluding hydrogens is 314 g/mol. The molecule has 0 atom stereocenters. The second-order valence-electron chi connectivity index (χ2n) is 4.26. The van der Waals surface area contributed by atoms with Crippen molar-refractivity contribution in [3.8, 4) is 11.5 Å². The van der Waals surface area contributed by atoms with E-state index in [9.17, 15) is 13.2 Å². The Morgan fingerprint density at radius 2 is 1.95 bits per heavy atom. The molecule has 10 nitrogen and oxygen atoms in total. The zero-order valence-corrected chi connectivity index (χ0v) is 11.8. The average molecular weight is 325 g/mol. The molecule has 116 valence electrons. The van der Waals surface area contributed by atoms with Crippen molar-refractivity contribution < 1.29 is 22.7 Å². The molecule has 1 amide bonds. The van der Waals surface area contributed by atoms with Crippen molar-refractivity contribution in [1.29, 1.82) is 0 Å². The maximum absolute atomic E-state index is 12.4. The van der Waals surface area contributed by atoms with Gasteiger partial charge in [-0.2, -0.15) is 0 Å². The number of benzene rings is 1. The van der Waals surface area contributed by atoms with E-state index in [0.29, 0.717) is 0 Å². The lowest BCUT2D eigenvalue weighted by Crippen LogP contribution is -2.64. The number of hydrazone groups is 1. The second-order valence-corrected chi connectivity index (χ2v) is 5.89. The summed E-state index contributed by atoms with van der Waals surface area (Å²) in [4.78, 5) is 12.4. The minimum atomic E-state index is -4.56. The first-order chi connectivity index (χ1) is 10.4. The van der Waals surface area contributed by atoms with Gasteiger partial charge in [0.15, 0.2) is 11.5 Å². The van der Waals surface area contributed by atoms with E-state index in [1.54, 1.807) is 18.2 Å². The summed E-state index contributed by atoms with van der Waals surface area (Å²) in [7, 11) is -4.56. The number of rotatable bonds is 3. The summed E-state index contributed by atoms with van der Waals surface area (Å²) < 4.78 is 34.1. The van der Waals surface area contributed by atoms with Crippen molar-refractivity contribution in [3.63, 3.8) is 0 Å². The summed E-state index contributed by atoms with van der Waals surface area (Å²) >= 11 is 0. The molecule has 0 bridgehead atoms. The number of para-hydroxylation sites is 2. The molecule has 1 aromatic rings. The van der Waals surface area contributed by atoms with Gasteiger partial charge in [-0.25, -0.2) is 19.0 Å². The van der Waals surface area contributed by atoms with Gasteiger partial charge in [-0.3, -0.25) is 10.2 Å². The molecule has 2 heterocycles. The molecule has 22 heavy (non-hydrogen) atoms. The summed E-state index contributed by atoms with van der Waals surface area (Å²) in [5.41, 5.74) is 4.71. The van der Waals surface area contributed by atoms with Gasteiger partial charge in [0.25, 0.3) is 10.0 Å². The predicted molar refractivity (Wildman–Crippen MR) is 74.3 cm³/mol. The summed E-state index contributed by atoms with van der Waals surface area (Å²) in [6.45, 7) is 0. The Balaban J connectivity index is 1.91. The Hall–Kier alpha value is -2.79. The number of allylic oxidation sites excluding steroid dienone is 1.